The number of rotatable bonds is 4. The number of benzene rings is 1. The summed E-state index contributed by atoms with van der Waals surface area (Å²) < 4.78 is 5.75. The van der Waals surface area contributed by atoms with Crippen LogP contribution >= 0.6 is 11.6 Å². The SMILES string of the molecule is Cc1ccc(OCc2ccncc2Cl)c(C(C)O)c1. The molecule has 1 aromatic heterocycles. The highest BCUT2D eigenvalue weighted by Gasteiger charge is 2.10. The normalized spacial score (nSPS) is 12.2. The number of aromatic nitrogens is 1. The predicted molar refractivity (Wildman–Crippen MR) is 75.4 cm³/mol. The number of ether oxygens (including phenoxy) is 1. The van der Waals surface area contributed by atoms with E-state index in [0.29, 0.717) is 17.4 Å². The molecular weight excluding hydrogens is 262 g/mol. The van der Waals surface area contributed by atoms with Gasteiger partial charge in [-0.05, 0) is 32.0 Å². The highest BCUT2D eigenvalue weighted by atomic mass is 35.5. The summed E-state index contributed by atoms with van der Waals surface area (Å²) in [6.07, 6.45) is 2.70. The van der Waals surface area contributed by atoms with Gasteiger partial charge in [0.15, 0.2) is 0 Å². The van der Waals surface area contributed by atoms with E-state index < -0.39 is 6.10 Å². The number of pyridine rings is 1. The van der Waals surface area contributed by atoms with Crippen LogP contribution < -0.4 is 4.74 Å². The minimum absolute atomic E-state index is 0.351. The first-order valence-electron chi connectivity index (χ1n) is 6.07. The second kappa shape index (κ2) is 6.04. The van der Waals surface area contributed by atoms with Crippen molar-refractivity contribution < 1.29 is 9.84 Å². The van der Waals surface area contributed by atoms with Crippen LogP contribution in [-0.4, -0.2) is 10.1 Å². The Balaban J connectivity index is 2.18. The summed E-state index contributed by atoms with van der Waals surface area (Å²) in [5.74, 6) is 0.675. The van der Waals surface area contributed by atoms with E-state index in [-0.39, 0.29) is 0 Å². The van der Waals surface area contributed by atoms with Crippen LogP contribution in [0, 0.1) is 6.92 Å². The molecule has 1 unspecified atom stereocenters. The summed E-state index contributed by atoms with van der Waals surface area (Å²) >= 11 is 6.03. The Morgan fingerprint density at radius 2 is 2.16 bits per heavy atom. The van der Waals surface area contributed by atoms with E-state index in [2.05, 4.69) is 4.98 Å². The molecule has 19 heavy (non-hydrogen) atoms. The molecular formula is C15H16ClNO2. The fourth-order valence-corrected chi connectivity index (χ4v) is 1.98. The van der Waals surface area contributed by atoms with Crippen molar-refractivity contribution in [2.24, 2.45) is 0 Å². The highest BCUT2D eigenvalue weighted by Crippen LogP contribution is 2.27. The zero-order valence-corrected chi connectivity index (χ0v) is 11.7. The first kappa shape index (κ1) is 13.8. The van der Waals surface area contributed by atoms with Crippen molar-refractivity contribution in [3.05, 3.63) is 58.4 Å². The van der Waals surface area contributed by atoms with E-state index in [1.54, 1.807) is 19.3 Å². The molecule has 100 valence electrons. The number of nitrogens with zero attached hydrogens (tertiary/aromatic N) is 1. The molecule has 1 aromatic carbocycles. The summed E-state index contributed by atoms with van der Waals surface area (Å²) in [4.78, 5) is 3.93. The van der Waals surface area contributed by atoms with Crippen molar-refractivity contribution in [3.63, 3.8) is 0 Å². The lowest BCUT2D eigenvalue weighted by molar-refractivity contribution is 0.190. The number of aryl methyl sites for hydroxylation is 1. The summed E-state index contributed by atoms with van der Waals surface area (Å²) in [5, 5.41) is 10.3. The quantitative estimate of drug-likeness (QED) is 0.927. The fraction of sp³-hybridized carbons (Fsp3) is 0.267. The van der Waals surface area contributed by atoms with Gasteiger partial charge in [-0.25, -0.2) is 0 Å². The van der Waals surface area contributed by atoms with E-state index in [1.807, 2.05) is 31.2 Å². The molecule has 0 aliphatic carbocycles. The number of hydrogen-bond donors (Lipinski definition) is 1. The monoisotopic (exact) mass is 277 g/mol. The van der Waals surface area contributed by atoms with Gasteiger partial charge in [-0.1, -0.05) is 23.2 Å². The van der Waals surface area contributed by atoms with E-state index >= 15 is 0 Å². The van der Waals surface area contributed by atoms with Crippen molar-refractivity contribution in [1.82, 2.24) is 4.98 Å². The Bertz CT molecular complexity index is 570. The van der Waals surface area contributed by atoms with E-state index in [0.717, 1.165) is 16.7 Å². The van der Waals surface area contributed by atoms with Crippen LogP contribution in [0.25, 0.3) is 0 Å². The summed E-state index contributed by atoms with van der Waals surface area (Å²) in [7, 11) is 0. The van der Waals surface area contributed by atoms with Gasteiger partial charge in [0.25, 0.3) is 0 Å². The first-order chi connectivity index (χ1) is 9.08. The molecule has 1 atom stereocenters. The minimum atomic E-state index is -0.567. The third-order valence-corrected chi connectivity index (χ3v) is 3.20. The lowest BCUT2D eigenvalue weighted by Gasteiger charge is -2.14. The van der Waals surface area contributed by atoms with Gasteiger partial charge in [0.1, 0.15) is 12.4 Å². The van der Waals surface area contributed by atoms with Gasteiger partial charge in [0, 0.05) is 23.5 Å². The van der Waals surface area contributed by atoms with Gasteiger partial charge in [0.05, 0.1) is 11.1 Å². The lowest BCUT2D eigenvalue weighted by Crippen LogP contribution is -2.02. The molecule has 0 fully saturated rings. The molecule has 1 heterocycles. The standard InChI is InChI=1S/C15H16ClNO2/c1-10-3-4-15(13(7-10)11(2)18)19-9-12-5-6-17-8-14(12)16/h3-8,11,18H,9H2,1-2H3. The smallest absolute Gasteiger partial charge is 0.125 e. The van der Waals surface area contributed by atoms with E-state index in [9.17, 15) is 5.11 Å². The van der Waals surface area contributed by atoms with Gasteiger partial charge < -0.3 is 9.84 Å². The van der Waals surface area contributed by atoms with Crippen molar-refractivity contribution in [1.29, 1.82) is 0 Å². The largest absolute Gasteiger partial charge is 0.488 e. The molecule has 2 aromatic rings. The van der Waals surface area contributed by atoms with Gasteiger partial charge in [-0.15, -0.1) is 0 Å². The molecule has 1 N–H and O–H groups in total. The number of hydrogen-bond acceptors (Lipinski definition) is 3. The van der Waals surface area contributed by atoms with Gasteiger partial charge >= 0.3 is 0 Å². The van der Waals surface area contributed by atoms with Gasteiger partial charge in [-0.2, -0.15) is 0 Å². The molecule has 0 aliphatic rings. The van der Waals surface area contributed by atoms with Crippen LogP contribution in [0.2, 0.25) is 5.02 Å². The van der Waals surface area contributed by atoms with Crippen molar-refractivity contribution in [2.45, 2.75) is 26.6 Å². The molecule has 0 radical (unpaired) electrons. The Morgan fingerprint density at radius 1 is 1.37 bits per heavy atom. The molecule has 0 spiro atoms. The van der Waals surface area contributed by atoms with Crippen molar-refractivity contribution >= 4 is 11.6 Å². The van der Waals surface area contributed by atoms with Crippen LogP contribution in [0.4, 0.5) is 0 Å². The second-order valence-electron chi connectivity index (χ2n) is 4.47. The van der Waals surface area contributed by atoms with Crippen LogP contribution in [0.5, 0.6) is 5.75 Å². The molecule has 3 nitrogen and oxygen atoms in total. The average Bonchev–Trinajstić information content (AvgIpc) is 2.38. The first-order valence-corrected chi connectivity index (χ1v) is 6.45. The Hall–Kier alpha value is -1.58. The van der Waals surface area contributed by atoms with Crippen LogP contribution in [-0.2, 0) is 6.61 Å². The Labute approximate surface area is 117 Å². The number of aliphatic hydroxyl groups is 1. The molecule has 0 aliphatic heterocycles. The summed E-state index contributed by atoms with van der Waals surface area (Å²) in [6, 6.07) is 7.56. The number of aliphatic hydroxyl groups excluding tert-OH is 1. The van der Waals surface area contributed by atoms with E-state index in [4.69, 9.17) is 16.3 Å². The maximum Gasteiger partial charge on any atom is 0.125 e. The van der Waals surface area contributed by atoms with Crippen LogP contribution in [0.3, 0.4) is 0 Å². The Kier molecular flexibility index (Phi) is 4.40. The van der Waals surface area contributed by atoms with Crippen LogP contribution in [0.15, 0.2) is 36.7 Å². The maximum absolute atomic E-state index is 9.76. The van der Waals surface area contributed by atoms with Gasteiger partial charge in [-0.3, -0.25) is 4.98 Å². The maximum atomic E-state index is 9.76. The topological polar surface area (TPSA) is 42.4 Å². The van der Waals surface area contributed by atoms with E-state index in [1.165, 1.54) is 0 Å². The third kappa shape index (κ3) is 3.46. The summed E-state index contributed by atoms with van der Waals surface area (Å²) in [5.41, 5.74) is 2.74. The molecule has 4 heteroatoms. The fourth-order valence-electron chi connectivity index (χ4n) is 1.80. The second-order valence-corrected chi connectivity index (χ2v) is 4.88. The number of halogens is 1. The highest BCUT2D eigenvalue weighted by molar-refractivity contribution is 6.31. The molecule has 2 rings (SSSR count). The Morgan fingerprint density at radius 3 is 2.84 bits per heavy atom. The zero-order valence-electron chi connectivity index (χ0n) is 10.9. The van der Waals surface area contributed by atoms with Crippen LogP contribution in [0.1, 0.15) is 29.7 Å². The minimum Gasteiger partial charge on any atom is -0.488 e. The van der Waals surface area contributed by atoms with Crippen molar-refractivity contribution in [2.75, 3.05) is 0 Å². The zero-order chi connectivity index (χ0) is 13.8. The molecule has 0 saturated carbocycles. The van der Waals surface area contributed by atoms with Crippen molar-refractivity contribution in [3.8, 4) is 5.75 Å². The molecule has 0 bridgehead atoms. The molecule has 0 saturated heterocycles. The van der Waals surface area contributed by atoms with Gasteiger partial charge in [0.2, 0.25) is 0 Å². The third-order valence-electron chi connectivity index (χ3n) is 2.85. The lowest BCUT2D eigenvalue weighted by atomic mass is 10.1. The predicted octanol–water partition coefficient (Wildman–Crippen LogP) is 3.68. The molecule has 0 amide bonds. The summed E-state index contributed by atoms with van der Waals surface area (Å²) in [6.45, 7) is 4.06. The average molecular weight is 278 g/mol.